The Morgan fingerprint density at radius 2 is 2.13 bits per heavy atom. The number of nitrogens with one attached hydrogen (secondary N) is 2. The lowest BCUT2D eigenvalue weighted by molar-refractivity contribution is -0.118. The van der Waals surface area contributed by atoms with Gasteiger partial charge in [-0.15, -0.1) is 0 Å². The minimum absolute atomic E-state index is 0.00581. The van der Waals surface area contributed by atoms with Gasteiger partial charge >= 0.3 is 0 Å². The Morgan fingerprint density at radius 3 is 2.65 bits per heavy atom. The van der Waals surface area contributed by atoms with Crippen LogP contribution in [-0.2, 0) is 4.79 Å². The van der Waals surface area contributed by atoms with E-state index in [4.69, 9.17) is 11.5 Å². The summed E-state index contributed by atoms with van der Waals surface area (Å²) in [5, 5.41) is 6.53. The molecule has 0 spiro atoms. The minimum Gasteiger partial charge on any atom is -0.368 e. The zero-order chi connectivity index (χ0) is 17.0. The van der Waals surface area contributed by atoms with Gasteiger partial charge in [-0.05, 0) is 30.9 Å². The largest absolute Gasteiger partial charge is 0.368 e. The molecule has 2 amide bonds. The van der Waals surface area contributed by atoms with Gasteiger partial charge in [0.1, 0.15) is 16.9 Å². The zero-order valence-corrected chi connectivity index (χ0v) is 13.5. The summed E-state index contributed by atoms with van der Waals surface area (Å²) in [6, 6.07) is 1.22. The molecule has 0 aliphatic carbocycles. The fourth-order valence-electron chi connectivity index (χ4n) is 1.82. The normalized spacial score (nSPS) is 11.7. The predicted octanol–water partition coefficient (Wildman–Crippen LogP) is 0.760. The monoisotopic (exact) mass is 335 g/mol. The number of hydrogen-bond acceptors (Lipinski definition) is 8. The summed E-state index contributed by atoms with van der Waals surface area (Å²) >= 11 is 1.22. The minimum atomic E-state index is -0.713. The topological polar surface area (TPSA) is 149 Å². The second kappa shape index (κ2) is 7.01. The average molecular weight is 335 g/mol. The van der Waals surface area contributed by atoms with Crippen LogP contribution in [0.4, 0.5) is 16.6 Å². The molecule has 9 nitrogen and oxygen atoms in total. The van der Waals surface area contributed by atoms with Gasteiger partial charge in [0.05, 0.1) is 11.9 Å². The van der Waals surface area contributed by atoms with E-state index in [1.54, 1.807) is 6.07 Å². The van der Waals surface area contributed by atoms with Crippen LogP contribution in [0.2, 0.25) is 0 Å². The predicted molar refractivity (Wildman–Crippen MR) is 87.6 cm³/mol. The highest BCUT2D eigenvalue weighted by molar-refractivity contribution is 7.10. The standard InChI is InChI=1S/C13H17N7O2S/c1-3-7(11(14)21)17-8-5-16-10(12(15)22)13(18-8)19-9-4-6(2)20-23-9/h4-5,7H,3H2,1-2H3,(H2,14,21)(H2,15,22)(H2,17,18,19). The summed E-state index contributed by atoms with van der Waals surface area (Å²) in [5.74, 6) is -0.717. The van der Waals surface area contributed by atoms with E-state index in [0.717, 1.165) is 5.69 Å². The molecule has 122 valence electrons. The Labute approximate surface area is 136 Å². The van der Waals surface area contributed by atoms with Gasteiger partial charge in [0.25, 0.3) is 5.91 Å². The van der Waals surface area contributed by atoms with Crippen LogP contribution in [0.5, 0.6) is 0 Å². The van der Waals surface area contributed by atoms with E-state index >= 15 is 0 Å². The number of hydrogen-bond donors (Lipinski definition) is 4. The van der Waals surface area contributed by atoms with Crippen molar-refractivity contribution in [1.82, 2.24) is 14.3 Å². The lowest BCUT2D eigenvalue weighted by atomic mass is 10.2. The molecule has 2 aromatic heterocycles. The van der Waals surface area contributed by atoms with Gasteiger partial charge in [0.15, 0.2) is 11.5 Å². The summed E-state index contributed by atoms with van der Waals surface area (Å²) in [4.78, 5) is 31.0. The number of anilines is 3. The Hall–Kier alpha value is -2.75. The number of carbonyl (C=O) groups excluding carboxylic acids is 2. The van der Waals surface area contributed by atoms with Gasteiger partial charge in [-0.25, -0.2) is 9.97 Å². The second-order valence-electron chi connectivity index (χ2n) is 4.78. The lowest BCUT2D eigenvalue weighted by Crippen LogP contribution is -2.35. The molecule has 23 heavy (non-hydrogen) atoms. The van der Waals surface area contributed by atoms with Crippen molar-refractivity contribution in [3.05, 3.63) is 23.7 Å². The molecule has 0 bridgehead atoms. The van der Waals surface area contributed by atoms with Gasteiger partial charge in [0, 0.05) is 0 Å². The molecule has 2 rings (SSSR count). The first-order chi connectivity index (χ1) is 10.9. The molecule has 2 heterocycles. The van der Waals surface area contributed by atoms with Crippen LogP contribution in [0.25, 0.3) is 0 Å². The number of nitrogens with zero attached hydrogens (tertiary/aromatic N) is 3. The second-order valence-corrected chi connectivity index (χ2v) is 5.59. The third-order valence-corrected chi connectivity index (χ3v) is 3.75. The van der Waals surface area contributed by atoms with E-state index in [1.165, 1.54) is 17.7 Å². The van der Waals surface area contributed by atoms with Crippen LogP contribution >= 0.6 is 11.5 Å². The van der Waals surface area contributed by atoms with Crippen molar-refractivity contribution in [3.63, 3.8) is 0 Å². The van der Waals surface area contributed by atoms with E-state index in [9.17, 15) is 9.59 Å². The van der Waals surface area contributed by atoms with Crippen molar-refractivity contribution in [2.75, 3.05) is 10.6 Å². The maximum absolute atomic E-state index is 11.5. The molecular weight excluding hydrogens is 318 g/mol. The highest BCUT2D eigenvalue weighted by Crippen LogP contribution is 2.23. The number of primary amides is 2. The molecule has 6 N–H and O–H groups in total. The molecule has 1 atom stereocenters. The number of carbonyl (C=O) groups is 2. The summed E-state index contributed by atoms with van der Waals surface area (Å²) in [6.07, 6.45) is 1.82. The zero-order valence-electron chi connectivity index (χ0n) is 12.7. The van der Waals surface area contributed by atoms with Gasteiger partial charge in [-0.1, -0.05) is 6.92 Å². The van der Waals surface area contributed by atoms with Gasteiger partial charge < -0.3 is 22.1 Å². The van der Waals surface area contributed by atoms with Crippen molar-refractivity contribution in [1.29, 1.82) is 0 Å². The molecule has 1 unspecified atom stereocenters. The Bertz CT molecular complexity index is 731. The van der Waals surface area contributed by atoms with Crippen LogP contribution < -0.4 is 22.1 Å². The highest BCUT2D eigenvalue weighted by atomic mass is 32.1. The van der Waals surface area contributed by atoms with Crippen molar-refractivity contribution < 1.29 is 9.59 Å². The van der Waals surface area contributed by atoms with Crippen LogP contribution in [-0.4, -0.2) is 32.2 Å². The first-order valence-corrected chi connectivity index (χ1v) is 7.61. The number of rotatable bonds is 7. The maximum Gasteiger partial charge on any atom is 0.271 e. The van der Waals surface area contributed by atoms with Crippen LogP contribution in [0.3, 0.4) is 0 Å². The molecule has 0 radical (unpaired) electrons. The van der Waals surface area contributed by atoms with Gasteiger partial charge in [0.2, 0.25) is 5.91 Å². The molecule has 0 saturated heterocycles. The summed E-state index contributed by atoms with van der Waals surface area (Å²) in [6.45, 7) is 3.66. The van der Waals surface area contributed by atoms with Crippen molar-refractivity contribution in [3.8, 4) is 0 Å². The van der Waals surface area contributed by atoms with Crippen molar-refractivity contribution in [2.24, 2.45) is 11.5 Å². The SMILES string of the molecule is CCC(Nc1cnc(C(N)=O)c(Nc2cc(C)ns2)n1)C(N)=O. The molecule has 10 heteroatoms. The quantitative estimate of drug-likeness (QED) is 0.583. The van der Waals surface area contributed by atoms with Gasteiger partial charge in [-0.2, -0.15) is 4.37 Å². The third kappa shape index (κ3) is 4.13. The smallest absolute Gasteiger partial charge is 0.271 e. The third-order valence-electron chi connectivity index (χ3n) is 2.95. The maximum atomic E-state index is 11.5. The molecule has 0 aliphatic heterocycles. The van der Waals surface area contributed by atoms with Crippen molar-refractivity contribution >= 4 is 40.0 Å². The highest BCUT2D eigenvalue weighted by Gasteiger charge is 2.17. The Balaban J connectivity index is 2.31. The van der Waals surface area contributed by atoms with E-state index in [0.29, 0.717) is 17.2 Å². The fourth-order valence-corrected chi connectivity index (χ4v) is 2.48. The first kappa shape index (κ1) is 16.6. The van der Waals surface area contributed by atoms with E-state index < -0.39 is 17.9 Å². The first-order valence-electron chi connectivity index (χ1n) is 6.83. The molecule has 0 aromatic carbocycles. The van der Waals surface area contributed by atoms with Crippen LogP contribution in [0, 0.1) is 6.92 Å². The molecule has 0 fully saturated rings. The van der Waals surface area contributed by atoms with E-state index in [-0.39, 0.29) is 11.5 Å². The number of aryl methyl sites for hydroxylation is 1. The fraction of sp³-hybridized carbons (Fsp3) is 0.308. The van der Waals surface area contributed by atoms with E-state index in [2.05, 4.69) is 25.0 Å². The average Bonchev–Trinajstić information content (AvgIpc) is 2.89. The van der Waals surface area contributed by atoms with Crippen LogP contribution in [0.1, 0.15) is 29.5 Å². The number of aromatic nitrogens is 3. The number of nitrogens with two attached hydrogens (primary N) is 2. The molecule has 0 aliphatic rings. The lowest BCUT2D eigenvalue weighted by Gasteiger charge is -2.15. The van der Waals surface area contributed by atoms with Crippen molar-refractivity contribution in [2.45, 2.75) is 26.3 Å². The summed E-state index contributed by atoms with van der Waals surface area (Å²) in [7, 11) is 0. The molecule has 0 saturated carbocycles. The Morgan fingerprint density at radius 1 is 1.39 bits per heavy atom. The Kier molecular flexibility index (Phi) is 5.06. The number of amides is 2. The molecular formula is C13H17N7O2S. The van der Waals surface area contributed by atoms with Crippen LogP contribution in [0.15, 0.2) is 12.3 Å². The van der Waals surface area contributed by atoms with E-state index in [1.807, 2.05) is 13.8 Å². The molecule has 2 aromatic rings. The van der Waals surface area contributed by atoms with Gasteiger partial charge in [-0.3, -0.25) is 9.59 Å². The summed E-state index contributed by atoms with van der Waals surface area (Å²) < 4.78 is 4.13. The summed E-state index contributed by atoms with van der Waals surface area (Å²) in [5.41, 5.74) is 11.4.